The highest BCUT2D eigenvalue weighted by atomic mass is 35.5. The predicted molar refractivity (Wildman–Crippen MR) is 77.8 cm³/mol. The molecular formula is C15H17ClFN3O. The van der Waals surface area contributed by atoms with E-state index in [1.54, 1.807) is 6.07 Å². The molecule has 1 aromatic carbocycles. The van der Waals surface area contributed by atoms with Crippen LogP contribution in [0.5, 0.6) is 0 Å². The molecule has 112 valence electrons. The largest absolute Gasteiger partial charge is 0.339 e. The number of halogens is 2. The molecule has 0 spiro atoms. The fourth-order valence-electron chi connectivity index (χ4n) is 2.59. The van der Waals surface area contributed by atoms with Gasteiger partial charge in [-0.1, -0.05) is 22.8 Å². The lowest BCUT2D eigenvalue weighted by atomic mass is 10.0. The number of aryl methyl sites for hydroxylation is 1. The van der Waals surface area contributed by atoms with Crippen LogP contribution in [-0.2, 0) is 12.8 Å². The smallest absolute Gasteiger partial charge is 0.226 e. The van der Waals surface area contributed by atoms with Crippen molar-refractivity contribution >= 4 is 11.6 Å². The maximum absolute atomic E-state index is 13.0. The summed E-state index contributed by atoms with van der Waals surface area (Å²) in [5, 5.41) is 7.70. The SMILES string of the molecule is Fc1ccc(Cc2noc(CCC3CCNC3)n2)c(Cl)c1. The molecule has 4 nitrogen and oxygen atoms in total. The first kappa shape index (κ1) is 14.5. The van der Waals surface area contributed by atoms with Crippen LogP contribution in [0.1, 0.15) is 30.1 Å². The maximum atomic E-state index is 13.0. The van der Waals surface area contributed by atoms with Crippen molar-refractivity contribution in [1.29, 1.82) is 0 Å². The summed E-state index contributed by atoms with van der Waals surface area (Å²) in [5.74, 6) is 1.60. The van der Waals surface area contributed by atoms with Gasteiger partial charge in [-0.25, -0.2) is 4.39 Å². The Labute approximate surface area is 127 Å². The van der Waals surface area contributed by atoms with E-state index in [1.165, 1.54) is 18.6 Å². The highest BCUT2D eigenvalue weighted by Crippen LogP contribution is 2.20. The molecule has 3 rings (SSSR count). The molecule has 1 atom stereocenters. The third-order valence-corrected chi connectivity index (χ3v) is 4.15. The number of nitrogens with zero attached hydrogens (tertiary/aromatic N) is 2. The molecule has 1 aromatic heterocycles. The fourth-order valence-corrected chi connectivity index (χ4v) is 2.82. The second-order valence-electron chi connectivity index (χ2n) is 5.41. The van der Waals surface area contributed by atoms with E-state index in [2.05, 4.69) is 15.5 Å². The Morgan fingerprint density at radius 1 is 1.43 bits per heavy atom. The molecule has 1 unspecified atom stereocenters. The zero-order chi connectivity index (χ0) is 14.7. The molecule has 6 heteroatoms. The monoisotopic (exact) mass is 309 g/mol. The third kappa shape index (κ3) is 3.80. The summed E-state index contributed by atoms with van der Waals surface area (Å²) in [6.07, 6.45) is 3.53. The molecule has 0 radical (unpaired) electrons. The Balaban J connectivity index is 1.59. The lowest BCUT2D eigenvalue weighted by Gasteiger charge is -2.04. The molecule has 1 aliphatic rings. The quantitative estimate of drug-likeness (QED) is 0.922. The van der Waals surface area contributed by atoms with Gasteiger partial charge in [0.1, 0.15) is 5.82 Å². The highest BCUT2D eigenvalue weighted by molar-refractivity contribution is 6.31. The first-order chi connectivity index (χ1) is 10.2. The van der Waals surface area contributed by atoms with Gasteiger partial charge in [-0.2, -0.15) is 4.98 Å². The van der Waals surface area contributed by atoms with Crippen LogP contribution in [0.3, 0.4) is 0 Å². The Kier molecular flexibility index (Phi) is 4.51. The number of benzene rings is 1. The average molecular weight is 310 g/mol. The molecule has 21 heavy (non-hydrogen) atoms. The van der Waals surface area contributed by atoms with Crippen LogP contribution >= 0.6 is 11.6 Å². The zero-order valence-electron chi connectivity index (χ0n) is 11.6. The van der Waals surface area contributed by atoms with Gasteiger partial charge in [-0.15, -0.1) is 0 Å². The summed E-state index contributed by atoms with van der Waals surface area (Å²) in [4.78, 5) is 4.38. The van der Waals surface area contributed by atoms with Crippen molar-refractivity contribution in [3.05, 3.63) is 46.3 Å². The highest BCUT2D eigenvalue weighted by Gasteiger charge is 2.16. The standard InChI is InChI=1S/C15H17ClFN3O/c16-13-8-12(17)3-2-11(13)7-14-19-15(21-20-14)4-1-10-5-6-18-9-10/h2-3,8,10,18H,1,4-7,9H2. The summed E-state index contributed by atoms with van der Waals surface area (Å²) < 4.78 is 18.3. The van der Waals surface area contributed by atoms with Gasteiger partial charge in [0.05, 0.1) is 0 Å². The third-order valence-electron chi connectivity index (χ3n) is 3.80. The van der Waals surface area contributed by atoms with Gasteiger partial charge in [0, 0.05) is 17.9 Å². The second kappa shape index (κ2) is 6.54. The molecular weight excluding hydrogens is 293 g/mol. The topological polar surface area (TPSA) is 51.0 Å². The van der Waals surface area contributed by atoms with Crippen LogP contribution in [0.4, 0.5) is 4.39 Å². The van der Waals surface area contributed by atoms with Gasteiger partial charge in [0.2, 0.25) is 5.89 Å². The van der Waals surface area contributed by atoms with Gasteiger partial charge >= 0.3 is 0 Å². The van der Waals surface area contributed by atoms with E-state index in [4.69, 9.17) is 16.1 Å². The van der Waals surface area contributed by atoms with Gasteiger partial charge in [0.15, 0.2) is 5.82 Å². The Bertz CT molecular complexity index is 611. The molecule has 2 heterocycles. The molecule has 0 bridgehead atoms. The van der Waals surface area contributed by atoms with Crippen molar-refractivity contribution in [3.8, 4) is 0 Å². The van der Waals surface area contributed by atoms with Crippen molar-refractivity contribution in [2.45, 2.75) is 25.7 Å². The Hall–Kier alpha value is -1.46. The lowest BCUT2D eigenvalue weighted by molar-refractivity contribution is 0.361. The molecule has 0 aliphatic carbocycles. The van der Waals surface area contributed by atoms with E-state index in [0.717, 1.165) is 31.5 Å². The van der Waals surface area contributed by atoms with Crippen LogP contribution in [0, 0.1) is 11.7 Å². The van der Waals surface area contributed by atoms with Crippen molar-refractivity contribution in [2.75, 3.05) is 13.1 Å². The molecule has 2 aromatic rings. The molecule has 1 fully saturated rings. The average Bonchev–Trinajstić information content (AvgIpc) is 3.11. The summed E-state index contributed by atoms with van der Waals surface area (Å²) in [5.41, 5.74) is 0.797. The Morgan fingerprint density at radius 2 is 2.33 bits per heavy atom. The van der Waals surface area contributed by atoms with Crippen LogP contribution < -0.4 is 5.32 Å². The second-order valence-corrected chi connectivity index (χ2v) is 5.82. The lowest BCUT2D eigenvalue weighted by Crippen LogP contribution is -2.09. The first-order valence-electron chi connectivity index (χ1n) is 7.17. The minimum absolute atomic E-state index is 0.345. The van der Waals surface area contributed by atoms with E-state index in [-0.39, 0.29) is 5.82 Å². The predicted octanol–water partition coefficient (Wildman–Crippen LogP) is 3.00. The summed E-state index contributed by atoms with van der Waals surface area (Å²) >= 11 is 6.00. The fraction of sp³-hybridized carbons (Fsp3) is 0.467. The van der Waals surface area contributed by atoms with E-state index in [0.29, 0.717) is 29.1 Å². The zero-order valence-corrected chi connectivity index (χ0v) is 12.4. The van der Waals surface area contributed by atoms with Crippen LogP contribution in [0.15, 0.2) is 22.7 Å². The van der Waals surface area contributed by atoms with E-state index in [9.17, 15) is 4.39 Å². The summed E-state index contributed by atoms with van der Waals surface area (Å²) in [6.45, 7) is 2.18. The molecule has 1 saturated heterocycles. The van der Waals surface area contributed by atoms with Crippen LogP contribution in [0.25, 0.3) is 0 Å². The van der Waals surface area contributed by atoms with Crippen molar-refractivity contribution < 1.29 is 8.91 Å². The van der Waals surface area contributed by atoms with Crippen LogP contribution in [0.2, 0.25) is 5.02 Å². The number of hydrogen-bond acceptors (Lipinski definition) is 4. The number of hydrogen-bond donors (Lipinski definition) is 1. The number of rotatable bonds is 5. The minimum atomic E-state index is -0.345. The first-order valence-corrected chi connectivity index (χ1v) is 7.54. The number of aromatic nitrogens is 2. The van der Waals surface area contributed by atoms with E-state index < -0.39 is 0 Å². The molecule has 0 amide bonds. The summed E-state index contributed by atoms with van der Waals surface area (Å²) in [6, 6.07) is 4.33. The van der Waals surface area contributed by atoms with Gasteiger partial charge in [-0.3, -0.25) is 0 Å². The van der Waals surface area contributed by atoms with Gasteiger partial charge < -0.3 is 9.84 Å². The Morgan fingerprint density at radius 3 is 3.10 bits per heavy atom. The molecule has 1 N–H and O–H groups in total. The maximum Gasteiger partial charge on any atom is 0.226 e. The van der Waals surface area contributed by atoms with Crippen molar-refractivity contribution in [1.82, 2.24) is 15.5 Å². The molecule has 1 aliphatic heterocycles. The van der Waals surface area contributed by atoms with Gasteiger partial charge in [0.25, 0.3) is 0 Å². The van der Waals surface area contributed by atoms with Gasteiger partial charge in [-0.05, 0) is 49.5 Å². The van der Waals surface area contributed by atoms with Crippen LogP contribution in [-0.4, -0.2) is 23.2 Å². The van der Waals surface area contributed by atoms with E-state index >= 15 is 0 Å². The molecule has 0 saturated carbocycles. The van der Waals surface area contributed by atoms with E-state index in [1.807, 2.05) is 0 Å². The number of nitrogens with one attached hydrogen (secondary N) is 1. The summed E-state index contributed by atoms with van der Waals surface area (Å²) in [7, 11) is 0. The van der Waals surface area contributed by atoms with Crippen molar-refractivity contribution in [2.24, 2.45) is 5.92 Å². The van der Waals surface area contributed by atoms with Crippen molar-refractivity contribution in [3.63, 3.8) is 0 Å². The minimum Gasteiger partial charge on any atom is -0.339 e. The normalized spacial score (nSPS) is 18.3.